The van der Waals surface area contributed by atoms with Gasteiger partial charge in [0.25, 0.3) is 0 Å². The van der Waals surface area contributed by atoms with Crippen LogP contribution in [0.25, 0.3) is 0 Å². The summed E-state index contributed by atoms with van der Waals surface area (Å²) in [6, 6.07) is 0. The van der Waals surface area contributed by atoms with E-state index in [4.69, 9.17) is 9.84 Å². The minimum Gasteiger partial charge on any atom is -0.481 e. The number of cyclic esters (lactones) is 1. The molecule has 1 heterocycles. The van der Waals surface area contributed by atoms with E-state index in [0.29, 0.717) is 6.42 Å². The van der Waals surface area contributed by atoms with Gasteiger partial charge in [-0.25, -0.2) is 0 Å². The number of carboxylic acid groups (broad SMARTS) is 1. The van der Waals surface area contributed by atoms with Crippen LogP contribution in [0.2, 0.25) is 0 Å². The van der Waals surface area contributed by atoms with Crippen LogP contribution < -0.4 is 0 Å². The Hall–Kier alpha value is -1.06. The Morgan fingerprint density at radius 2 is 2.36 bits per heavy atom. The maximum Gasteiger partial charge on any atom is 0.312 e. The first-order valence-corrected chi connectivity index (χ1v) is 4.79. The number of aliphatic carboxylic acids is 1. The van der Waals surface area contributed by atoms with E-state index in [1.165, 1.54) is 0 Å². The lowest BCUT2D eigenvalue weighted by Gasteiger charge is -2.25. The van der Waals surface area contributed by atoms with Crippen molar-refractivity contribution >= 4 is 11.9 Å². The first-order chi connectivity index (χ1) is 6.36. The van der Waals surface area contributed by atoms with Crippen molar-refractivity contribution in [3.8, 4) is 0 Å². The summed E-state index contributed by atoms with van der Waals surface area (Å²) < 4.78 is 5.05. The first kappa shape index (κ1) is 11.0. The van der Waals surface area contributed by atoms with E-state index >= 15 is 0 Å². The zero-order valence-corrected chi connectivity index (χ0v) is 8.74. The number of carboxylic acids is 1. The lowest BCUT2D eigenvalue weighted by molar-refractivity contribution is -0.150. The van der Waals surface area contributed by atoms with Crippen LogP contribution in [0.3, 0.4) is 0 Å². The second-order valence-electron chi connectivity index (χ2n) is 4.34. The highest BCUT2D eigenvalue weighted by Gasteiger charge is 2.47. The number of carbonyl (C=O) groups excluding carboxylic acids is 1. The molecule has 4 nitrogen and oxygen atoms in total. The number of hydrogen-bond acceptors (Lipinski definition) is 3. The molecule has 0 unspecified atom stereocenters. The largest absolute Gasteiger partial charge is 0.481 e. The molecule has 0 aliphatic carbocycles. The molecular formula is C10H16O4. The minimum atomic E-state index is -0.869. The summed E-state index contributed by atoms with van der Waals surface area (Å²) in [6.07, 6.45) is 0.530. The second-order valence-corrected chi connectivity index (χ2v) is 4.34. The molecule has 1 N–H and O–H groups in total. The maximum atomic E-state index is 11.5. The summed E-state index contributed by atoms with van der Waals surface area (Å²) in [5, 5.41) is 8.66. The van der Waals surface area contributed by atoms with Gasteiger partial charge >= 0.3 is 11.9 Å². The van der Waals surface area contributed by atoms with E-state index in [9.17, 15) is 9.59 Å². The Kier molecular flexibility index (Phi) is 2.83. The smallest absolute Gasteiger partial charge is 0.312 e. The van der Waals surface area contributed by atoms with Crippen LogP contribution >= 0.6 is 0 Å². The van der Waals surface area contributed by atoms with E-state index in [0.717, 1.165) is 0 Å². The average molecular weight is 200 g/mol. The van der Waals surface area contributed by atoms with Gasteiger partial charge in [-0.05, 0) is 19.8 Å². The molecular weight excluding hydrogens is 184 g/mol. The van der Waals surface area contributed by atoms with Gasteiger partial charge in [0.05, 0.1) is 5.41 Å². The summed E-state index contributed by atoms with van der Waals surface area (Å²) in [6.45, 7) is 5.40. The van der Waals surface area contributed by atoms with Gasteiger partial charge in [-0.2, -0.15) is 0 Å². The second kappa shape index (κ2) is 3.59. The molecule has 1 aliphatic rings. The highest BCUT2D eigenvalue weighted by molar-refractivity contribution is 5.80. The van der Waals surface area contributed by atoms with Crippen molar-refractivity contribution in [1.29, 1.82) is 0 Å². The molecule has 14 heavy (non-hydrogen) atoms. The molecule has 4 heteroatoms. The summed E-state index contributed by atoms with van der Waals surface area (Å²) in [7, 11) is 0. The van der Waals surface area contributed by atoms with Crippen molar-refractivity contribution in [2.45, 2.75) is 39.7 Å². The Balaban J connectivity index is 2.74. The molecule has 0 spiro atoms. The standard InChI is InChI=1S/C10H16O4/c1-6(4-8(11)12)10(3)5-7(2)14-9(10)13/h6-7H,4-5H2,1-3H3,(H,11,12)/t6-,7+,10+/m1/s1. The lowest BCUT2D eigenvalue weighted by atomic mass is 9.74. The molecule has 0 radical (unpaired) electrons. The Labute approximate surface area is 83.2 Å². The van der Waals surface area contributed by atoms with Crippen molar-refractivity contribution in [3.05, 3.63) is 0 Å². The zero-order chi connectivity index (χ0) is 10.9. The van der Waals surface area contributed by atoms with E-state index < -0.39 is 11.4 Å². The normalized spacial score (nSPS) is 33.9. The summed E-state index contributed by atoms with van der Waals surface area (Å²) in [4.78, 5) is 22.1. The molecule has 0 aromatic rings. The minimum absolute atomic E-state index is 0.0122. The van der Waals surface area contributed by atoms with Crippen LogP contribution in [-0.4, -0.2) is 23.1 Å². The van der Waals surface area contributed by atoms with E-state index in [1.54, 1.807) is 13.8 Å². The summed E-state index contributed by atoms with van der Waals surface area (Å²) in [5.74, 6) is -1.32. The Morgan fingerprint density at radius 3 is 2.71 bits per heavy atom. The number of carbonyl (C=O) groups is 2. The van der Waals surface area contributed by atoms with Crippen molar-refractivity contribution in [2.75, 3.05) is 0 Å². The SMILES string of the molecule is C[C@H](CC(=O)O)[C@]1(C)C[C@H](C)OC1=O. The number of rotatable bonds is 3. The first-order valence-electron chi connectivity index (χ1n) is 4.79. The van der Waals surface area contributed by atoms with Crippen molar-refractivity contribution < 1.29 is 19.4 Å². The van der Waals surface area contributed by atoms with Crippen LogP contribution in [0.15, 0.2) is 0 Å². The molecule has 1 saturated heterocycles. The van der Waals surface area contributed by atoms with Gasteiger partial charge in [0, 0.05) is 12.8 Å². The van der Waals surface area contributed by atoms with Gasteiger partial charge in [-0.15, -0.1) is 0 Å². The molecule has 1 rings (SSSR count). The van der Waals surface area contributed by atoms with Crippen molar-refractivity contribution in [3.63, 3.8) is 0 Å². The molecule has 0 aromatic carbocycles. The van der Waals surface area contributed by atoms with Gasteiger partial charge in [0.15, 0.2) is 0 Å². The molecule has 80 valence electrons. The van der Waals surface area contributed by atoms with E-state index in [1.807, 2.05) is 6.92 Å². The van der Waals surface area contributed by atoms with Crippen LogP contribution in [-0.2, 0) is 14.3 Å². The predicted molar refractivity (Wildman–Crippen MR) is 49.7 cm³/mol. The highest BCUT2D eigenvalue weighted by Crippen LogP contribution is 2.41. The number of esters is 1. The van der Waals surface area contributed by atoms with Gasteiger partial charge in [-0.3, -0.25) is 9.59 Å². The molecule has 0 aromatic heterocycles. The quantitative estimate of drug-likeness (QED) is 0.700. The lowest BCUT2D eigenvalue weighted by Crippen LogP contribution is -2.31. The molecule has 1 aliphatic heterocycles. The predicted octanol–water partition coefficient (Wildman–Crippen LogP) is 1.44. The van der Waals surface area contributed by atoms with Crippen LogP contribution in [0.1, 0.15) is 33.6 Å². The van der Waals surface area contributed by atoms with Crippen LogP contribution in [0.5, 0.6) is 0 Å². The fraction of sp³-hybridized carbons (Fsp3) is 0.800. The fourth-order valence-electron chi connectivity index (χ4n) is 1.93. The topological polar surface area (TPSA) is 63.6 Å². The van der Waals surface area contributed by atoms with Gasteiger partial charge in [0.1, 0.15) is 6.10 Å². The monoisotopic (exact) mass is 200 g/mol. The zero-order valence-electron chi connectivity index (χ0n) is 8.74. The van der Waals surface area contributed by atoms with Crippen LogP contribution in [0.4, 0.5) is 0 Å². The molecule has 1 fully saturated rings. The summed E-state index contributed by atoms with van der Waals surface area (Å²) in [5.41, 5.74) is -0.627. The third kappa shape index (κ3) is 1.89. The van der Waals surface area contributed by atoms with E-state index in [2.05, 4.69) is 0 Å². The fourth-order valence-corrected chi connectivity index (χ4v) is 1.93. The summed E-state index contributed by atoms with van der Waals surface area (Å²) >= 11 is 0. The van der Waals surface area contributed by atoms with Crippen molar-refractivity contribution in [2.24, 2.45) is 11.3 Å². The number of hydrogen-bond donors (Lipinski definition) is 1. The number of ether oxygens (including phenoxy) is 1. The average Bonchev–Trinajstić information content (AvgIpc) is 2.25. The van der Waals surface area contributed by atoms with Gasteiger partial charge < -0.3 is 9.84 Å². The Morgan fingerprint density at radius 1 is 1.79 bits per heavy atom. The maximum absolute atomic E-state index is 11.5. The van der Waals surface area contributed by atoms with Gasteiger partial charge in [0.2, 0.25) is 0 Å². The Bertz CT molecular complexity index is 261. The van der Waals surface area contributed by atoms with Gasteiger partial charge in [-0.1, -0.05) is 6.92 Å². The molecule has 0 amide bonds. The molecule has 0 saturated carbocycles. The highest BCUT2D eigenvalue weighted by atomic mass is 16.6. The van der Waals surface area contributed by atoms with Crippen molar-refractivity contribution in [1.82, 2.24) is 0 Å². The molecule has 3 atom stereocenters. The third-order valence-electron chi connectivity index (χ3n) is 3.05. The van der Waals surface area contributed by atoms with Crippen LogP contribution in [0, 0.1) is 11.3 Å². The molecule has 0 bridgehead atoms. The third-order valence-corrected chi connectivity index (χ3v) is 3.05. The van der Waals surface area contributed by atoms with E-state index in [-0.39, 0.29) is 24.4 Å².